The number of hydrogen-bond acceptors (Lipinski definition) is 6. The highest BCUT2D eigenvalue weighted by Crippen LogP contribution is 2.49. The molecule has 0 fully saturated rings. The second-order valence-electron chi connectivity index (χ2n) is 12.7. The van der Waals surface area contributed by atoms with E-state index in [9.17, 15) is 18.8 Å². The van der Waals surface area contributed by atoms with Crippen LogP contribution in [-0.2, 0) is 26.5 Å². The predicted molar refractivity (Wildman–Crippen MR) is 183 cm³/mol. The van der Waals surface area contributed by atoms with Crippen LogP contribution in [0, 0.1) is 23.0 Å². The summed E-state index contributed by atoms with van der Waals surface area (Å²) in [6.45, 7) is 1.63. The van der Waals surface area contributed by atoms with Gasteiger partial charge >= 0.3 is 5.97 Å². The number of ether oxygens (including phenoxy) is 2. The van der Waals surface area contributed by atoms with Crippen molar-refractivity contribution in [3.8, 4) is 6.07 Å². The van der Waals surface area contributed by atoms with Gasteiger partial charge in [0, 0.05) is 29.7 Å². The molecule has 0 amide bonds. The minimum atomic E-state index is -0.771. The van der Waals surface area contributed by atoms with E-state index in [4.69, 9.17) is 9.47 Å². The Hall–Kier alpha value is -4.84. The molecule has 1 heterocycles. The molecule has 0 saturated carbocycles. The summed E-state index contributed by atoms with van der Waals surface area (Å²) >= 11 is 0. The fourth-order valence-corrected chi connectivity index (χ4v) is 6.21. The largest absolute Gasteiger partial charge is 0.485 e. The van der Waals surface area contributed by atoms with Crippen molar-refractivity contribution in [1.29, 1.82) is 5.26 Å². The fraction of sp³-hybridized carbons (Fsp3) is 0.300. The summed E-state index contributed by atoms with van der Waals surface area (Å²) in [6.07, 6.45) is 10.1. The van der Waals surface area contributed by atoms with Crippen molar-refractivity contribution in [2.24, 2.45) is 0 Å². The molecule has 5 rings (SSSR count). The number of benzene rings is 3. The second kappa shape index (κ2) is 15.4. The Kier molecular flexibility index (Phi) is 11.0. The molecule has 0 spiro atoms. The van der Waals surface area contributed by atoms with Crippen molar-refractivity contribution in [3.63, 3.8) is 0 Å². The van der Waals surface area contributed by atoms with Crippen molar-refractivity contribution in [1.82, 2.24) is 9.80 Å². The molecule has 6 nitrogen and oxygen atoms in total. The van der Waals surface area contributed by atoms with Crippen LogP contribution in [-0.4, -0.2) is 57.0 Å². The van der Waals surface area contributed by atoms with Gasteiger partial charge in [-0.25, -0.2) is 13.6 Å². The lowest BCUT2D eigenvalue weighted by molar-refractivity contribution is -0.140. The van der Waals surface area contributed by atoms with E-state index < -0.39 is 11.6 Å². The van der Waals surface area contributed by atoms with Crippen molar-refractivity contribution in [2.45, 2.75) is 37.9 Å². The second-order valence-corrected chi connectivity index (χ2v) is 12.7. The molecule has 3 aromatic rings. The zero-order chi connectivity index (χ0) is 34.3. The number of nitriles is 1. The van der Waals surface area contributed by atoms with Crippen LogP contribution in [0.1, 0.15) is 53.5 Å². The van der Waals surface area contributed by atoms with Gasteiger partial charge < -0.3 is 19.3 Å². The molecule has 1 unspecified atom stereocenters. The summed E-state index contributed by atoms with van der Waals surface area (Å²) in [5.41, 5.74) is 6.04. The van der Waals surface area contributed by atoms with Crippen molar-refractivity contribution in [3.05, 3.63) is 147 Å². The molecule has 0 radical (unpaired) electrons. The van der Waals surface area contributed by atoms with Gasteiger partial charge in [-0.05, 0) is 118 Å². The molecule has 0 aromatic heterocycles. The van der Waals surface area contributed by atoms with Gasteiger partial charge in [0.25, 0.3) is 0 Å². The van der Waals surface area contributed by atoms with E-state index in [0.717, 1.165) is 59.3 Å². The van der Waals surface area contributed by atoms with E-state index in [1.807, 2.05) is 40.3 Å². The minimum absolute atomic E-state index is 0.0522. The Morgan fingerprint density at radius 2 is 1.65 bits per heavy atom. The third-order valence-electron chi connectivity index (χ3n) is 8.69. The summed E-state index contributed by atoms with van der Waals surface area (Å²) in [4.78, 5) is 17.7. The first-order chi connectivity index (χ1) is 23.1. The van der Waals surface area contributed by atoms with E-state index in [2.05, 4.69) is 21.9 Å². The number of fused-ring (bicyclic) bond motifs is 1. The molecule has 248 valence electrons. The number of allylic oxidation sites excluding steroid dienone is 2. The first-order valence-electron chi connectivity index (χ1n) is 16.1. The van der Waals surface area contributed by atoms with Crippen LogP contribution in [0.3, 0.4) is 0 Å². The Balaban J connectivity index is 1.40. The van der Waals surface area contributed by atoms with Crippen LogP contribution in [0.5, 0.6) is 0 Å². The average Bonchev–Trinajstić information content (AvgIpc) is 3.44. The zero-order valence-electron chi connectivity index (χ0n) is 27.9. The van der Waals surface area contributed by atoms with E-state index in [1.54, 1.807) is 48.7 Å². The monoisotopic (exact) mass is 649 g/mol. The predicted octanol–water partition coefficient (Wildman–Crippen LogP) is 7.67. The van der Waals surface area contributed by atoms with Crippen LogP contribution in [0.4, 0.5) is 8.78 Å². The summed E-state index contributed by atoms with van der Waals surface area (Å²) in [5.74, 6) is -1.11. The maximum absolute atomic E-state index is 13.9. The topological polar surface area (TPSA) is 65.8 Å². The number of hydrogen-bond donors (Lipinski definition) is 0. The zero-order valence-corrected chi connectivity index (χ0v) is 27.9. The summed E-state index contributed by atoms with van der Waals surface area (Å²) in [5, 5.41) is 9.66. The number of esters is 1. The molecule has 1 aliphatic carbocycles. The standard InChI is InChI=1S/C40H41F2N3O3/c1-44(2)21-5-7-36(29-9-14-34(41)15-10-29)37-18-8-28(25-43)23-31(37)26-47-39(46)30-11-19-38-32(24-30)27-48-40(38,20-6-22-45(3)4)33-12-16-35(42)17-13-33/h7-19,23,27H,5-6,20-22,24,26H2,1-4H3/b36-7-. The van der Waals surface area contributed by atoms with Crippen LogP contribution >= 0.6 is 0 Å². The van der Waals surface area contributed by atoms with Crippen LogP contribution in [0.2, 0.25) is 0 Å². The Labute approximate surface area is 281 Å². The highest BCUT2D eigenvalue weighted by molar-refractivity contribution is 5.90. The maximum atomic E-state index is 13.9. The summed E-state index contributed by atoms with van der Waals surface area (Å²) in [7, 11) is 8.04. The number of rotatable bonds is 13. The Bertz CT molecular complexity index is 1800. The van der Waals surface area contributed by atoms with Gasteiger partial charge in [-0.1, -0.05) is 48.6 Å². The molecule has 2 aliphatic rings. The summed E-state index contributed by atoms with van der Waals surface area (Å²) in [6, 6.07) is 20.2. The van der Waals surface area contributed by atoms with Crippen LogP contribution in [0.25, 0.3) is 5.57 Å². The molecular formula is C40H41F2N3O3. The molecule has 48 heavy (non-hydrogen) atoms. The molecule has 0 N–H and O–H groups in total. The third-order valence-corrected chi connectivity index (χ3v) is 8.69. The van der Waals surface area contributed by atoms with E-state index in [1.165, 1.54) is 24.3 Å². The van der Waals surface area contributed by atoms with Crippen LogP contribution < -0.4 is 0 Å². The van der Waals surface area contributed by atoms with Crippen molar-refractivity contribution in [2.75, 3.05) is 41.3 Å². The third kappa shape index (κ3) is 7.99. The van der Waals surface area contributed by atoms with Crippen molar-refractivity contribution >= 4 is 11.5 Å². The molecule has 0 bridgehead atoms. The number of halogens is 2. The van der Waals surface area contributed by atoms with Gasteiger partial charge in [-0.15, -0.1) is 0 Å². The molecule has 1 atom stereocenters. The molecule has 1 aliphatic heterocycles. The van der Waals surface area contributed by atoms with Gasteiger partial charge in [0.1, 0.15) is 18.2 Å². The Morgan fingerprint density at radius 3 is 2.31 bits per heavy atom. The van der Waals surface area contributed by atoms with E-state index in [-0.39, 0.29) is 18.2 Å². The normalized spacial score (nSPS) is 17.3. The lowest BCUT2D eigenvalue weighted by atomic mass is 9.77. The van der Waals surface area contributed by atoms with Crippen LogP contribution in [0.15, 0.2) is 108 Å². The molecular weight excluding hydrogens is 608 g/mol. The smallest absolute Gasteiger partial charge is 0.334 e. The highest BCUT2D eigenvalue weighted by atomic mass is 19.1. The van der Waals surface area contributed by atoms with Gasteiger partial charge in [-0.2, -0.15) is 5.26 Å². The molecule has 8 heteroatoms. The van der Waals surface area contributed by atoms with E-state index >= 15 is 0 Å². The van der Waals surface area contributed by atoms with Gasteiger partial charge in [0.2, 0.25) is 0 Å². The first-order valence-corrected chi connectivity index (χ1v) is 16.1. The lowest BCUT2D eigenvalue weighted by Gasteiger charge is -2.33. The molecule has 3 aromatic carbocycles. The van der Waals surface area contributed by atoms with Gasteiger partial charge in [-0.3, -0.25) is 0 Å². The number of carbonyl (C=O) groups excluding carboxylic acids is 1. The quantitative estimate of drug-likeness (QED) is 0.177. The number of carbonyl (C=O) groups is 1. The fourth-order valence-electron chi connectivity index (χ4n) is 6.21. The Morgan fingerprint density at radius 1 is 0.958 bits per heavy atom. The SMILES string of the molecule is CN(C)CC/C=C(/c1ccc(F)cc1)c1ccc(C#N)cc1COC(=O)C1=CC=C2C(=COC2(CCCN(C)C)c2ccc(F)cc2)C1. The highest BCUT2D eigenvalue weighted by Gasteiger charge is 2.44. The van der Waals surface area contributed by atoms with E-state index in [0.29, 0.717) is 29.5 Å². The average molecular weight is 650 g/mol. The van der Waals surface area contributed by atoms with Crippen molar-refractivity contribution < 1.29 is 23.0 Å². The minimum Gasteiger partial charge on any atom is -0.485 e. The van der Waals surface area contributed by atoms with Gasteiger partial charge in [0.05, 0.1) is 17.9 Å². The lowest BCUT2D eigenvalue weighted by Crippen LogP contribution is -2.30. The van der Waals surface area contributed by atoms with Gasteiger partial charge in [0.15, 0.2) is 5.60 Å². The summed E-state index contributed by atoms with van der Waals surface area (Å²) < 4.78 is 40.0. The first kappa shape index (κ1) is 34.5. The molecule has 0 saturated heterocycles. The maximum Gasteiger partial charge on any atom is 0.334 e. The number of nitrogens with zero attached hydrogens (tertiary/aromatic N) is 3.